The van der Waals surface area contributed by atoms with Gasteiger partial charge in [-0.15, -0.1) is 0 Å². The monoisotopic (exact) mass is 226 g/mol. The predicted octanol–water partition coefficient (Wildman–Crippen LogP) is 2.21. The predicted molar refractivity (Wildman–Crippen MR) is 60.0 cm³/mol. The molecule has 0 amide bonds. The highest BCUT2D eigenvalue weighted by molar-refractivity contribution is 6.33. The van der Waals surface area contributed by atoms with Gasteiger partial charge in [-0.3, -0.25) is 12.9 Å². The van der Waals surface area contributed by atoms with Crippen molar-refractivity contribution in [3.63, 3.8) is 0 Å². The first-order valence-corrected chi connectivity index (χ1v) is 5.22. The molecule has 0 atom stereocenters. The Kier molecular flexibility index (Phi) is 15.8. The van der Waals surface area contributed by atoms with Crippen LogP contribution in [0.1, 0.15) is 25.7 Å². The molecule has 0 bridgehead atoms. The van der Waals surface area contributed by atoms with Crippen molar-refractivity contribution < 1.29 is 12.9 Å². The second kappa shape index (κ2) is 13.8. The second-order valence-electron chi connectivity index (χ2n) is 3.57. The molecule has 0 aliphatic carbocycles. The largest absolute Gasteiger partial charge is 0.762 e. The zero-order valence-corrected chi connectivity index (χ0v) is 9.90. The summed E-state index contributed by atoms with van der Waals surface area (Å²) in [6.45, 7) is 2.40. The lowest BCUT2D eigenvalue weighted by Gasteiger charge is -2.08. The molecule has 92 valence electrons. The molecule has 0 rings (SSSR count). The molecule has 0 radical (unpaired) electrons. The minimum Gasteiger partial charge on any atom is -0.320 e. The number of halogens is 3. The summed E-state index contributed by atoms with van der Waals surface area (Å²) in [5, 5.41) is 3.16. The van der Waals surface area contributed by atoms with Gasteiger partial charge in [-0.2, -0.15) is 0 Å². The first-order valence-electron chi connectivity index (χ1n) is 5.22. The minimum atomic E-state index is -3.67. The van der Waals surface area contributed by atoms with E-state index in [1.165, 1.54) is 38.8 Å². The van der Waals surface area contributed by atoms with Crippen LogP contribution in [0.5, 0.6) is 0 Å². The van der Waals surface area contributed by atoms with E-state index in [2.05, 4.69) is 24.3 Å². The molecular formula is C9H22BF3N2. The fourth-order valence-corrected chi connectivity index (χ4v) is 1.08. The molecule has 0 unspecified atom stereocenters. The van der Waals surface area contributed by atoms with Crippen molar-refractivity contribution in [2.45, 2.75) is 25.7 Å². The molecule has 0 fully saturated rings. The highest BCUT2D eigenvalue weighted by atomic mass is 19.4. The van der Waals surface area contributed by atoms with Crippen LogP contribution in [0.25, 0.3) is 0 Å². The summed E-state index contributed by atoms with van der Waals surface area (Å²) in [5.74, 6) is 0. The third kappa shape index (κ3) is 31.6. The molecule has 1 N–H and O–H groups in total. The zero-order chi connectivity index (χ0) is 12.1. The van der Waals surface area contributed by atoms with Crippen molar-refractivity contribution in [1.29, 1.82) is 0 Å². The van der Waals surface area contributed by atoms with Gasteiger partial charge in [0.2, 0.25) is 0 Å². The van der Waals surface area contributed by atoms with E-state index in [1.807, 2.05) is 7.05 Å². The van der Waals surface area contributed by atoms with Crippen molar-refractivity contribution in [3.05, 3.63) is 0 Å². The summed E-state index contributed by atoms with van der Waals surface area (Å²) in [6, 6.07) is 0. The van der Waals surface area contributed by atoms with Crippen LogP contribution in [0.3, 0.4) is 0 Å². The van der Waals surface area contributed by atoms with Crippen molar-refractivity contribution in [2.24, 2.45) is 0 Å². The first-order chi connectivity index (χ1) is 7.00. The SMILES string of the molecule is CNCCCCCCN(C)C.FB(F)F. The van der Waals surface area contributed by atoms with Gasteiger partial charge in [0.15, 0.2) is 0 Å². The average molecular weight is 226 g/mol. The molecule has 6 heteroatoms. The van der Waals surface area contributed by atoms with E-state index in [0.717, 1.165) is 0 Å². The van der Waals surface area contributed by atoms with E-state index in [4.69, 9.17) is 0 Å². The summed E-state index contributed by atoms with van der Waals surface area (Å²) in [4.78, 5) is 2.25. The first kappa shape index (κ1) is 17.2. The normalized spacial score (nSPS) is 9.80. The van der Waals surface area contributed by atoms with Gasteiger partial charge < -0.3 is 10.2 Å². The lowest BCUT2D eigenvalue weighted by atomic mass is 10.2. The molecule has 0 saturated carbocycles. The van der Waals surface area contributed by atoms with Gasteiger partial charge in [-0.05, 0) is 47.1 Å². The molecule has 0 saturated heterocycles. The average Bonchev–Trinajstić information content (AvgIpc) is 2.09. The number of unbranched alkanes of at least 4 members (excludes halogenated alkanes) is 3. The smallest absolute Gasteiger partial charge is 0.320 e. The molecular weight excluding hydrogens is 204 g/mol. The molecule has 15 heavy (non-hydrogen) atoms. The van der Waals surface area contributed by atoms with Crippen molar-refractivity contribution >= 4 is 7.54 Å². The summed E-state index contributed by atoms with van der Waals surface area (Å²) in [7, 11) is 2.61. The van der Waals surface area contributed by atoms with Gasteiger partial charge in [-0.1, -0.05) is 12.8 Å². The van der Waals surface area contributed by atoms with Crippen LogP contribution in [0.4, 0.5) is 12.9 Å². The van der Waals surface area contributed by atoms with Crippen LogP contribution in [0.2, 0.25) is 0 Å². The van der Waals surface area contributed by atoms with Crippen molar-refractivity contribution in [1.82, 2.24) is 10.2 Å². The van der Waals surface area contributed by atoms with Crippen LogP contribution >= 0.6 is 0 Å². The van der Waals surface area contributed by atoms with Crippen LogP contribution in [0.15, 0.2) is 0 Å². The summed E-state index contributed by atoms with van der Waals surface area (Å²) >= 11 is 0. The van der Waals surface area contributed by atoms with Gasteiger partial charge >= 0.3 is 7.54 Å². The third-order valence-electron chi connectivity index (χ3n) is 1.78. The van der Waals surface area contributed by atoms with Crippen LogP contribution < -0.4 is 5.32 Å². The molecule has 0 aliphatic rings. The van der Waals surface area contributed by atoms with Gasteiger partial charge in [0, 0.05) is 0 Å². The Bertz CT molecular complexity index is 113. The molecule has 0 aromatic carbocycles. The van der Waals surface area contributed by atoms with E-state index < -0.39 is 7.54 Å². The Labute approximate surface area is 91.4 Å². The van der Waals surface area contributed by atoms with E-state index in [0.29, 0.717) is 0 Å². The van der Waals surface area contributed by atoms with E-state index in [1.54, 1.807) is 0 Å². The summed E-state index contributed by atoms with van der Waals surface area (Å²) in [6.07, 6.45) is 5.41. The Balaban J connectivity index is 0. The summed E-state index contributed by atoms with van der Waals surface area (Å²) in [5.41, 5.74) is 0. The lowest BCUT2D eigenvalue weighted by Crippen LogP contribution is -2.13. The van der Waals surface area contributed by atoms with Crippen LogP contribution in [-0.4, -0.2) is 46.7 Å². The number of nitrogens with one attached hydrogen (secondary N) is 1. The lowest BCUT2D eigenvalue weighted by molar-refractivity contribution is 0.390. The molecule has 0 spiro atoms. The quantitative estimate of drug-likeness (QED) is 0.528. The van der Waals surface area contributed by atoms with Gasteiger partial charge in [0.05, 0.1) is 0 Å². The Morgan fingerprint density at radius 1 is 1.00 bits per heavy atom. The molecule has 0 aromatic rings. The fourth-order valence-electron chi connectivity index (χ4n) is 1.08. The third-order valence-corrected chi connectivity index (χ3v) is 1.78. The Morgan fingerprint density at radius 2 is 1.47 bits per heavy atom. The molecule has 2 nitrogen and oxygen atoms in total. The number of hydrogen-bond donors (Lipinski definition) is 1. The number of hydrogen-bond acceptors (Lipinski definition) is 2. The minimum absolute atomic E-state index is 1.17. The van der Waals surface area contributed by atoms with E-state index >= 15 is 0 Å². The van der Waals surface area contributed by atoms with Crippen molar-refractivity contribution in [3.8, 4) is 0 Å². The number of nitrogens with zero attached hydrogens (tertiary/aromatic N) is 1. The molecule has 0 aromatic heterocycles. The van der Waals surface area contributed by atoms with Crippen LogP contribution in [0, 0.1) is 0 Å². The summed E-state index contributed by atoms with van der Waals surface area (Å²) < 4.78 is 29.0. The second-order valence-corrected chi connectivity index (χ2v) is 3.57. The fraction of sp³-hybridized carbons (Fsp3) is 1.00. The van der Waals surface area contributed by atoms with E-state index in [-0.39, 0.29) is 0 Å². The van der Waals surface area contributed by atoms with Crippen molar-refractivity contribution in [2.75, 3.05) is 34.2 Å². The Morgan fingerprint density at radius 3 is 1.87 bits per heavy atom. The molecule has 0 heterocycles. The maximum atomic E-state index is 9.67. The maximum absolute atomic E-state index is 9.67. The standard InChI is InChI=1S/C9H22N2.BF3/c1-10-8-6-4-5-7-9-11(2)3;2-1(3)4/h10H,4-9H2,1-3H3;. The highest BCUT2D eigenvalue weighted by Gasteiger charge is 2.06. The Hall–Kier alpha value is -0.225. The highest BCUT2D eigenvalue weighted by Crippen LogP contribution is 1.98. The molecule has 0 aliphatic heterocycles. The van der Waals surface area contributed by atoms with Gasteiger partial charge in [-0.25, -0.2) is 0 Å². The maximum Gasteiger partial charge on any atom is 0.762 e. The van der Waals surface area contributed by atoms with Crippen LogP contribution in [-0.2, 0) is 0 Å². The van der Waals surface area contributed by atoms with Gasteiger partial charge in [0.25, 0.3) is 0 Å². The number of rotatable bonds is 7. The zero-order valence-electron chi connectivity index (χ0n) is 9.90. The van der Waals surface area contributed by atoms with Gasteiger partial charge in [0.1, 0.15) is 0 Å². The topological polar surface area (TPSA) is 15.3 Å². The van der Waals surface area contributed by atoms with E-state index in [9.17, 15) is 12.9 Å².